The van der Waals surface area contributed by atoms with Crippen LogP contribution < -0.4 is 0 Å². The quantitative estimate of drug-likeness (QED) is 0.578. The maximum Gasteiger partial charge on any atom is 0.129 e. The molecule has 0 aromatic carbocycles. The van der Waals surface area contributed by atoms with E-state index in [-0.39, 0.29) is 10.8 Å². The molecule has 1 aliphatic carbocycles. The molecule has 0 heterocycles. The molecular formula is C9H16O2. The van der Waals surface area contributed by atoms with Crippen molar-refractivity contribution in [3.8, 4) is 0 Å². The van der Waals surface area contributed by atoms with Crippen molar-refractivity contribution >= 4 is 6.29 Å². The van der Waals surface area contributed by atoms with Gasteiger partial charge in [-0.3, -0.25) is 0 Å². The van der Waals surface area contributed by atoms with E-state index in [0.717, 1.165) is 12.7 Å². The molecule has 0 amide bonds. The molecule has 11 heavy (non-hydrogen) atoms. The Morgan fingerprint density at radius 1 is 1.55 bits per heavy atom. The van der Waals surface area contributed by atoms with E-state index < -0.39 is 0 Å². The van der Waals surface area contributed by atoms with E-state index in [0.29, 0.717) is 13.2 Å². The molecule has 1 unspecified atom stereocenters. The van der Waals surface area contributed by atoms with E-state index in [9.17, 15) is 4.79 Å². The average molecular weight is 156 g/mol. The number of aldehydes is 1. The van der Waals surface area contributed by atoms with Gasteiger partial charge in [0.2, 0.25) is 0 Å². The molecule has 0 radical (unpaired) electrons. The molecule has 0 N–H and O–H groups in total. The topological polar surface area (TPSA) is 26.3 Å². The molecule has 0 aliphatic heterocycles. The molecule has 1 atom stereocenters. The fourth-order valence-corrected chi connectivity index (χ4v) is 1.51. The van der Waals surface area contributed by atoms with Crippen molar-refractivity contribution in [1.29, 1.82) is 0 Å². The van der Waals surface area contributed by atoms with Crippen LogP contribution in [-0.2, 0) is 9.53 Å². The van der Waals surface area contributed by atoms with E-state index in [1.165, 1.54) is 0 Å². The molecule has 0 aromatic heterocycles. The van der Waals surface area contributed by atoms with Gasteiger partial charge in [-0.05, 0) is 18.8 Å². The fraction of sp³-hybridized carbons (Fsp3) is 0.889. The minimum absolute atomic E-state index is 0.164. The number of carbonyl (C=O) groups is 1. The Balaban J connectivity index is 2.46. The summed E-state index contributed by atoms with van der Waals surface area (Å²) in [4.78, 5) is 10.7. The van der Waals surface area contributed by atoms with Gasteiger partial charge in [-0.2, -0.15) is 0 Å². The van der Waals surface area contributed by atoms with Crippen LogP contribution in [0.3, 0.4) is 0 Å². The highest BCUT2D eigenvalue weighted by Gasteiger charge is 2.61. The first kappa shape index (κ1) is 8.72. The Labute approximate surface area is 67.9 Å². The number of hydrogen-bond donors (Lipinski definition) is 0. The Morgan fingerprint density at radius 2 is 2.09 bits per heavy atom. The maximum atomic E-state index is 10.7. The van der Waals surface area contributed by atoms with Gasteiger partial charge in [0, 0.05) is 6.61 Å². The van der Waals surface area contributed by atoms with E-state index in [1.807, 2.05) is 6.92 Å². The van der Waals surface area contributed by atoms with Crippen LogP contribution in [0.25, 0.3) is 0 Å². The summed E-state index contributed by atoms with van der Waals surface area (Å²) in [6.07, 6.45) is 2.03. The second kappa shape index (κ2) is 2.59. The molecule has 2 heteroatoms. The standard InChI is InChI=1S/C9H16O2/c1-4-11-7-9(6-10)5-8(9,2)3/h6H,4-5,7H2,1-3H3. The first-order valence-corrected chi connectivity index (χ1v) is 4.12. The second-order valence-corrected chi connectivity index (χ2v) is 3.97. The summed E-state index contributed by atoms with van der Waals surface area (Å²) in [5, 5.41) is 0. The van der Waals surface area contributed by atoms with Gasteiger partial charge in [-0.15, -0.1) is 0 Å². The summed E-state index contributed by atoms with van der Waals surface area (Å²) in [5.74, 6) is 0. The lowest BCUT2D eigenvalue weighted by Gasteiger charge is -2.12. The van der Waals surface area contributed by atoms with Crippen molar-refractivity contribution in [3.05, 3.63) is 0 Å². The van der Waals surface area contributed by atoms with E-state index >= 15 is 0 Å². The molecule has 1 saturated carbocycles. The fourth-order valence-electron chi connectivity index (χ4n) is 1.51. The molecule has 0 saturated heterocycles. The maximum absolute atomic E-state index is 10.7. The van der Waals surface area contributed by atoms with Crippen molar-refractivity contribution in [2.75, 3.05) is 13.2 Å². The number of carbonyl (C=O) groups excluding carboxylic acids is 1. The summed E-state index contributed by atoms with van der Waals surface area (Å²) < 4.78 is 5.26. The van der Waals surface area contributed by atoms with Gasteiger partial charge in [-0.1, -0.05) is 13.8 Å². The third-order valence-electron chi connectivity index (χ3n) is 2.77. The predicted molar refractivity (Wildman–Crippen MR) is 43.4 cm³/mol. The van der Waals surface area contributed by atoms with Gasteiger partial charge in [0.25, 0.3) is 0 Å². The monoisotopic (exact) mass is 156 g/mol. The minimum atomic E-state index is -0.164. The van der Waals surface area contributed by atoms with Crippen LogP contribution in [-0.4, -0.2) is 19.5 Å². The minimum Gasteiger partial charge on any atom is -0.381 e. The zero-order chi connectivity index (χ0) is 8.54. The third kappa shape index (κ3) is 1.32. The summed E-state index contributed by atoms with van der Waals surface area (Å²) >= 11 is 0. The molecule has 1 aliphatic rings. The summed E-state index contributed by atoms with van der Waals surface area (Å²) in [6.45, 7) is 7.47. The first-order chi connectivity index (χ1) is 5.08. The van der Waals surface area contributed by atoms with Gasteiger partial charge in [0.15, 0.2) is 0 Å². The van der Waals surface area contributed by atoms with Gasteiger partial charge < -0.3 is 9.53 Å². The zero-order valence-electron chi connectivity index (χ0n) is 7.52. The van der Waals surface area contributed by atoms with Crippen molar-refractivity contribution in [2.45, 2.75) is 27.2 Å². The lowest BCUT2D eigenvalue weighted by molar-refractivity contribution is -0.115. The molecular weight excluding hydrogens is 140 g/mol. The summed E-state index contributed by atoms with van der Waals surface area (Å²) in [5.41, 5.74) is 0.00688. The van der Waals surface area contributed by atoms with Gasteiger partial charge in [0.05, 0.1) is 12.0 Å². The summed E-state index contributed by atoms with van der Waals surface area (Å²) in [7, 11) is 0. The van der Waals surface area contributed by atoms with Gasteiger partial charge in [0.1, 0.15) is 6.29 Å². The van der Waals surface area contributed by atoms with Crippen molar-refractivity contribution < 1.29 is 9.53 Å². The second-order valence-electron chi connectivity index (χ2n) is 3.97. The van der Waals surface area contributed by atoms with Crippen molar-refractivity contribution in [2.24, 2.45) is 10.8 Å². The molecule has 0 bridgehead atoms. The van der Waals surface area contributed by atoms with Gasteiger partial charge in [-0.25, -0.2) is 0 Å². The van der Waals surface area contributed by atoms with E-state index in [4.69, 9.17) is 4.74 Å². The van der Waals surface area contributed by atoms with E-state index in [1.54, 1.807) is 0 Å². The predicted octanol–water partition coefficient (Wildman–Crippen LogP) is 1.64. The van der Waals surface area contributed by atoms with Crippen molar-refractivity contribution in [3.63, 3.8) is 0 Å². The van der Waals surface area contributed by atoms with Crippen LogP contribution >= 0.6 is 0 Å². The number of ether oxygens (including phenoxy) is 1. The highest BCUT2D eigenvalue weighted by atomic mass is 16.5. The van der Waals surface area contributed by atoms with Crippen LogP contribution in [0.1, 0.15) is 27.2 Å². The first-order valence-electron chi connectivity index (χ1n) is 4.12. The van der Waals surface area contributed by atoms with Gasteiger partial charge >= 0.3 is 0 Å². The highest BCUT2D eigenvalue weighted by molar-refractivity contribution is 5.66. The largest absolute Gasteiger partial charge is 0.381 e. The normalized spacial score (nSPS) is 33.4. The zero-order valence-corrected chi connectivity index (χ0v) is 7.52. The Kier molecular flexibility index (Phi) is 2.06. The molecule has 64 valence electrons. The van der Waals surface area contributed by atoms with E-state index in [2.05, 4.69) is 13.8 Å². The SMILES string of the molecule is CCOCC1(C=O)CC1(C)C. The smallest absolute Gasteiger partial charge is 0.129 e. The van der Waals surface area contributed by atoms with Crippen LogP contribution in [0, 0.1) is 10.8 Å². The number of hydrogen-bond acceptors (Lipinski definition) is 2. The average Bonchev–Trinajstić information content (AvgIpc) is 2.50. The Morgan fingerprint density at radius 3 is 2.36 bits per heavy atom. The Hall–Kier alpha value is -0.370. The molecule has 1 rings (SSSR count). The molecule has 0 aromatic rings. The molecule has 2 nitrogen and oxygen atoms in total. The highest BCUT2D eigenvalue weighted by Crippen LogP contribution is 2.61. The summed E-state index contributed by atoms with van der Waals surface area (Å²) in [6, 6.07) is 0. The van der Waals surface area contributed by atoms with Crippen LogP contribution in [0.2, 0.25) is 0 Å². The van der Waals surface area contributed by atoms with Crippen LogP contribution in [0.15, 0.2) is 0 Å². The Bertz CT molecular complexity index is 163. The lowest BCUT2D eigenvalue weighted by atomic mass is 9.99. The lowest BCUT2D eigenvalue weighted by Crippen LogP contribution is -2.18. The number of rotatable bonds is 4. The van der Waals surface area contributed by atoms with Crippen LogP contribution in [0.4, 0.5) is 0 Å². The van der Waals surface area contributed by atoms with Crippen LogP contribution in [0.5, 0.6) is 0 Å². The third-order valence-corrected chi connectivity index (χ3v) is 2.77. The molecule has 1 fully saturated rings. The van der Waals surface area contributed by atoms with Crippen molar-refractivity contribution in [1.82, 2.24) is 0 Å². The molecule has 0 spiro atoms.